The SMILES string of the molecule is CNCC1CCCCN1C(C)c1ccccc1OC(F)F. The number of hydrogen-bond acceptors (Lipinski definition) is 3. The average Bonchev–Trinajstić information content (AvgIpc) is 2.47. The van der Waals surface area contributed by atoms with Crippen LogP contribution in [0.2, 0.25) is 0 Å². The zero-order valence-electron chi connectivity index (χ0n) is 12.7. The van der Waals surface area contributed by atoms with Gasteiger partial charge in [0.25, 0.3) is 0 Å². The Kier molecular flexibility index (Phi) is 5.94. The first-order chi connectivity index (χ1) is 10.1. The molecule has 1 fully saturated rings. The lowest BCUT2D eigenvalue weighted by molar-refractivity contribution is -0.0514. The second-order valence-electron chi connectivity index (χ2n) is 5.54. The normalized spacial score (nSPS) is 21.5. The van der Waals surface area contributed by atoms with Crippen molar-refractivity contribution in [3.05, 3.63) is 29.8 Å². The molecule has 1 saturated heterocycles. The third-order valence-corrected chi connectivity index (χ3v) is 4.20. The number of likely N-dealkylation sites (tertiary alicyclic amines) is 1. The standard InChI is InChI=1S/C16H24F2N2O/c1-12(20-10-6-5-7-13(20)11-19-2)14-8-3-4-9-15(14)21-16(17)18/h3-4,8-9,12-13,16,19H,5-7,10-11H2,1-2H3. The van der Waals surface area contributed by atoms with E-state index in [2.05, 4.69) is 21.9 Å². The monoisotopic (exact) mass is 298 g/mol. The zero-order chi connectivity index (χ0) is 15.2. The molecule has 0 bridgehead atoms. The van der Waals surface area contributed by atoms with E-state index >= 15 is 0 Å². The smallest absolute Gasteiger partial charge is 0.387 e. The Labute approximate surface area is 125 Å². The molecule has 1 N–H and O–H groups in total. The molecule has 0 radical (unpaired) electrons. The van der Waals surface area contributed by atoms with Crippen LogP contribution in [0.4, 0.5) is 8.78 Å². The molecule has 2 rings (SSSR count). The minimum Gasteiger partial charge on any atom is -0.434 e. The van der Waals surface area contributed by atoms with Gasteiger partial charge in [-0.3, -0.25) is 4.90 Å². The summed E-state index contributed by atoms with van der Waals surface area (Å²) in [5.41, 5.74) is 0.834. The van der Waals surface area contributed by atoms with Crippen molar-refractivity contribution < 1.29 is 13.5 Å². The maximum atomic E-state index is 12.6. The lowest BCUT2D eigenvalue weighted by atomic mass is 9.96. The topological polar surface area (TPSA) is 24.5 Å². The molecule has 0 spiro atoms. The van der Waals surface area contributed by atoms with Gasteiger partial charge < -0.3 is 10.1 Å². The molecule has 118 valence electrons. The Morgan fingerprint density at radius 1 is 1.33 bits per heavy atom. The van der Waals surface area contributed by atoms with Crippen molar-refractivity contribution in [1.29, 1.82) is 0 Å². The third kappa shape index (κ3) is 4.14. The number of rotatable bonds is 6. The number of nitrogens with zero attached hydrogens (tertiary/aromatic N) is 1. The highest BCUT2D eigenvalue weighted by molar-refractivity contribution is 5.35. The first-order valence-corrected chi connectivity index (χ1v) is 7.57. The van der Waals surface area contributed by atoms with Gasteiger partial charge in [-0.25, -0.2) is 0 Å². The minimum absolute atomic E-state index is 0.0681. The van der Waals surface area contributed by atoms with Crippen LogP contribution in [0.25, 0.3) is 0 Å². The van der Waals surface area contributed by atoms with Crippen LogP contribution in [-0.2, 0) is 0 Å². The summed E-state index contributed by atoms with van der Waals surface area (Å²) < 4.78 is 29.8. The van der Waals surface area contributed by atoms with E-state index in [1.54, 1.807) is 12.1 Å². The van der Waals surface area contributed by atoms with E-state index in [0.29, 0.717) is 6.04 Å². The van der Waals surface area contributed by atoms with Crippen LogP contribution in [0, 0.1) is 0 Å². The van der Waals surface area contributed by atoms with Gasteiger partial charge in [0.2, 0.25) is 0 Å². The molecule has 0 saturated carbocycles. The fraction of sp³-hybridized carbons (Fsp3) is 0.625. The number of halogens is 2. The van der Waals surface area contributed by atoms with Gasteiger partial charge in [0.05, 0.1) is 0 Å². The van der Waals surface area contributed by atoms with Gasteiger partial charge >= 0.3 is 6.61 Å². The fourth-order valence-corrected chi connectivity index (χ4v) is 3.20. The van der Waals surface area contributed by atoms with Crippen molar-refractivity contribution in [3.8, 4) is 5.75 Å². The van der Waals surface area contributed by atoms with E-state index in [0.717, 1.165) is 31.5 Å². The number of likely N-dealkylation sites (N-methyl/N-ethyl adjacent to an activating group) is 1. The molecule has 2 atom stereocenters. The van der Waals surface area contributed by atoms with Gasteiger partial charge in [0, 0.05) is 24.2 Å². The van der Waals surface area contributed by atoms with Crippen LogP contribution in [0.5, 0.6) is 5.75 Å². The summed E-state index contributed by atoms with van der Waals surface area (Å²) >= 11 is 0. The van der Waals surface area contributed by atoms with Gasteiger partial charge in [-0.1, -0.05) is 24.6 Å². The summed E-state index contributed by atoms with van der Waals surface area (Å²) in [6.45, 7) is 1.20. The van der Waals surface area contributed by atoms with Crippen LogP contribution in [0.15, 0.2) is 24.3 Å². The molecule has 1 aliphatic heterocycles. The maximum Gasteiger partial charge on any atom is 0.387 e. The second kappa shape index (κ2) is 7.71. The van der Waals surface area contributed by atoms with Gasteiger partial charge in [-0.2, -0.15) is 8.78 Å². The molecule has 3 nitrogen and oxygen atoms in total. The summed E-state index contributed by atoms with van der Waals surface area (Å²) in [7, 11) is 1.95. The summed E-state index contributed by atoms with van der Waals surface area (Å²) in [5, 5.41) is 3.23. The summed E-state index contributed by atoms with van der Waals surface area (Å²) in [6, 6.07) is 7.62. The van der Waals surface area contributed by atoms with Gasteiger partial charge in [0.15, 0.2) is 0 Å². The van der Waals surface area contributed by atoms with E-state index in [4.69, 9.17) is 0 Å². The Morgan fingerprint density at radius 2 is 2.10 bits per heavy atom. The Bertz CT molecular complexity index is 440. The minimum atomic E-state index is -2.78. The van der Waals surface area contributed by atoms with E-state index in [-0.39, 0.29) is 11.8 Å². The van der Waals surface area contributed by atoms with E-state index in [9.17, 15) is 8.78 Å². The van der Waals surface area contributed by atoms with Crippen molar-refractivity contribution in [2.24, 2.45) is 0 Å². The van der Waals surface area contributed by atoms with Gasteiger partial charge in [0.1, 0.15) is 5.75 Å². The summed E-state index contributed by atoms with van der Waals surface area (Å²) in [5.74, 6) is 0.286. The Hall–Kier alpha value is -1.20. The van der Waals surface area contributed by atoms with Crippen molar-refractivity contribution in [3.63, 3.8) is 0 Å². The van der Waals surface area contributed by atoms with Crippen molar-refractivity contribution in [1.82, 2.24) is 10.2 Å². The Balaban J connectivity index is 2.19. The van der Waals surface area contributed by atoms with Gasteiger partial charge in [-0.05, 0) is 39.4 Å². The number of para-hydroxylation sites is 1. The number of alkyl halides is 2. The third-order valence-electron chi connectivity index (χ3n) is 4.20. The molecule has 0 aliphatic carbocycles. The molecular formula is C16H24F2N2O. The van der Waals surface area contributed by atoms with Crippen LogP contribution < -0.4 is 10.1 Å². The lowest BCUT2D eigenvalue weighted by Crippen LogP contribution is -2.46. The molecule has 1 aliphatic rings. The first-order valence-electron chi connectivity index (χ1n) is 7.57. The number of ether oxygens (including phenoxy) is 1. The Morgan fingerprint density at radius 3 is 2.81 bits per heavy atom. The highest BCUT2D eigenvalue weighted by atomic mass is 19.3. The summed E-state index contributed by atoms with van der Waals surface area (Å²) in [4.78, 5) is 2.40. The predicted molar refractivity (Wildman–Crippen MR) is 79.8 cm³/mol. The molecule has 1 heterocycles. The molecule has 21 heavy (non-hydrogen) atoms. The zero-order valence-corrected chi connectivity index (χ0v) is 12.7. The lowest BCUT2D eigenvalue weighted by Gasteiger charge is -2.40. The second-order valence-corrected chi connectivity index (χ2v) is 5.54. The number of hydrogen-bond donors (Lipinski definition) is 1. The number of benzene rings is 1. The molecule has 0 amide bonds. The molecule has 0 aromatic heterocycles. The summed E-state index contributed by atoms with van der Waals surface area (Å²) in [6.07, 6.45) is 3.52. The van der Waals surface area contributed by atoms with Gasteiger partial charge in [-0.15, -0.1) is 0 Å². The molecular weight excluding hydrogens is 274 g/mol. The quantitative estimate of drug-likeness (QED) is 0.871. The number of piperidine rings is 1. The van der Waals surface area contributed by atoms with E-state index < -0.39 is 6.61 Å². The largest absolute Gasteiger partial charge is 0.434 e. The van der Waals surface area contributed by atoms with Crippen molar-refractivity contribution >= 4 is 0 Å². The predicted octanol–water partition coefficient (Wildman–Crippen LogP) is 3.42. The average molecular weight is 298 g/mol. The number of nitrogens with one attached hydrogen (secondary N) is 1. The first kappa shape index (κ1) is 16.2. The highest BCUT2D eigenvalue weighted by Crippen LogP contribution is 2.33. The highest BCUT2D eigenvalue weighted by Gasteiger charge is 2.28. The van der Waals surface area contributed by atoms with Crippen LogP contribution >= 0.6 is 0 Å². The molecule has 5 heteroatoms. The van der Waals surface area contributed by atoms with E-state index in [1.165, 1.54) is 6.42 Å². The van der Waals surface area contributed by atoms with Crippen LogP contribution in [-0.4, -0.2) is 37.7 Å². The van der Waals surface area contributed by atoms with Crippen molar-refractivity contribution in [2.75, 3.05) is 20.1 Å². The van der Waals surface area contributed by atoms with Crippen molar-refractivity contribution in [2.45, 2.75) is 44.9 Å². The molecule has 1 aromatic rings. The molecule has 1 aromatic carbocycles. The van der Waals surface area contributed by atoms with Crippen LogP contribution in [0.3, 0.4) is 0 Å². The van der Waals surface area contributed by atoms with Crippen LogP contribution in [0.1, 0.15) is 37.8 Å². The fourth-order valence-electron chi connectivity index (χ4n) is 3.20. The molecule has 2 unspecified atom stereocenters. The maximum absolute atomic E-state index is 12.6. The van der Waals surface area contributed by atoms with E-state index in [1.807, 2.05) is 19.2 Å².